The summed E-state index contributed by atoms with van der Waals surface area (Å²) in [6, 6.07) is 9.19. The summed E-state index contributed by atoms with van der Waals surface area (Å²) in [5, 5.41) is -0.218. The normalized spacial score (nSPS) is 10.4. The van der Waals surface area contributed by atoms with Crippen molar-refractivity contribution >= 4 is 52.4 Å². The molecule has 3 nitrogen and oxygen atoms in total. The van der Waals surface area contributed by atoms with Gasteiger partial charge in [0.25, 0.3) is 0 Å². The zero-order valence-electron chi connectivity index (χ0n) is 9.87. The van der Waals surface area contributed by atoms with E-state index in [1.807, 2.05) is 30.3 Å². The first-order valence-corrected chi connectivity index (χ1v) is 6.93. The van der Waals surface area contributed by atoms with Crippen molar-refractivity contribution in [2.75, 3.05) is 0 Å². The second kappa shape index (κ2) is 6.64. The fourth-order valence-corrected chi connectivity index (χ4v) is 2.22. The summed E-state index contributed by atoms with van der Waals surface area (Å²) in [7, 11) is 0. The number of benzene rings is 1. The molecule has 0 aliphatic heterocycles. The minimum absolute atomic E-state index is 0.00190. The van der Waals surface area contributed by atoms with Crippen LogP contribution in [0.15, 0.2) is 30.3 Å². The molecule has 0 unspecified atom stereocenters. The van der Waals surface area contributed by atoms with Crippen LogP contribution in [0.4, 0.5) is 0 Å². The van der Waals surface area contributed by atoms with Crippen molar-refractivity contribution < 1.29 is 9.53 Å². The van der Waals surface area contributed by atoms with Crippen LogP contribution in [0.5, 0.6) is 0 Å². The zero-order chi connectivity index (χ0) is 14.7. The summed E-state index contributed by atoms with van der Waals surface area (Å²) >= 11 is 23.3. The van der Waals surface area contributed by atoms with Crippen LogP contribution in [-0.2, 0) is 11.3 Å². The molecule has 0 saturated heterocycles. The molecule has 0 bridgehead atoms. The molecule has 0 N–H and O–H groups in total. The predicted molar refractivity (Wildman–Crippen MR) is 79.8 cm³/mol. The van der Waals surface area contributed by atoms with Crippen LogP contribution in [0.3, 0.4) is 0 Å². The molecule has 20 heavy (non-hydrogen) atoms. The van der Waals surface area contributed by atoms with Crippen LogP contribution in [0.2, 0.25) is 20.2 Å². The Bertz CT molecular complexity index is 647. The Labute approximate surface area is 135 Å². The van der Waals surface area contributed by atoms with E-state index in [0.717, 1.165) is 5.56 Å². The predicted octanol–water partition coefficient (Wildman–Crippen LogP) is 5.05. The van der Waals surface area contributed by atoms with Crippen LogP contribution in [0, 0.1) is 0 Å². The third-order valence-corrected chi connectivity index (χ3v) is 4.07. The van der Waals surface area contributed by atoms with E-state index in [0.29, 0.717) is 0 Å². The quantitative estimate of drug-likeness (QED) is 0.574. The van der Waals surface area contributed by atoms with Gasteiger partial charge < -0.3 is 4.74 Å². The standard InChI is InChI=1S/C13H7Cl4NO2/c14-8-9(15)11(18-12(17)10(8)16)13(19)20-6-7-4-2-1-3-5-7/h1-5H,6H2. The molecule has 0 spiro atoms. The number of hydrogen-bond acceptors (Lipinski definition) is 3. The number of ether oxygens (including phenoxy) is 1. The molecule has 1 heterocycles. The number of esters is 1. The van der Waals surface area contributed by atoms with E-state index < -0.39 is 5.97 Å². The average Bonchev–Trinajstić information content (AvgIpc) is 2.47. The maximum atomic E-state index is 11.9. The number of aromatic nitrogens is 1. The fraction of sp³-hybridized carbons (Fsp3) is 0.0769. The highest BCUT2D eigenvalue weighted by Crippen LogP contribution is 2.36. The van der Waals surface area contributed by atoms with Crippen molar-refractivity contribution in [2.45, 2.75) is 6.61 Å². The maximum Gasteiger partial charge on any atom is 0.358 e. The van der Waals surface area contributed by atoms with E-state index in [1.165, 1.54) is 0 Å². The fourth-order valence-electron chi connectivity index (χ4n) is 1.41. The summed E-state index contributed by atoms with van der Waals surface area (Å²) in [6.07, 6.45) is 0. The molecule has 2 aromatic rings. The number of rotatable bonds is 3. The third kappa shape index (κ3) is 3.36. The van der Waals surface area contributed by atoms with Gasteiger partial charge in [-0.15, -0.1) is 0 Å². The molecular weight excluding hydrogens is 344 g/mol. The van der Waals surface area contributed by atoms with Gasteiger partial charge in [0.1, 0.15) is 11.8 Å². The lowest BCUT2D eigenvalue weighted by Crippen LogP contribution is -2.09. The van der Waals surface area contributed by atoms with Gasteiger partial charge >= 0.3 is 5.97 Å². The van der Waals surface area contributed by atoms with Crippen molar-refractivity contribution in [1.82, 2.24) is 4.98 Å². The van der Waals surface area contributed by atoms with E-state index in [2.05, 4.69) is 4.98 Å². The topological polar surface area (TPSA) is 39.2 Å². The van der Waals surface area contributed by atoms with Crippen LogP contribution < -0.4 is 0 Å². The van der Waals surface area contributed by atoms with Gasteiger partial charge in [0.05, 0.1) is 15.1 Å². The van der Waals surface area contributed by atoms with Gasteiger partial charge in [-0.2, -0.15) is 0 Å². The first-order chi connectivity index (χ1) is 9.50. The molecule has 0 saturated carbocycles. The Balaban J connectivity index is 2.18. The lowest BCUT2D eigenvalue weighted by atomic mass is 10.2. The molecule has 2 rings (SSSR count). The second-order valence-corrected chi connectivity index (χ2v) is 5.25. The summed E-state index contributed by atoms with van der Waals surface area (Å²) in [5.74, 6) is -0.723. The molecule has 104 valence electrons. The number of halogens is 4. The van der Waals surface area contributed by atoms with Crippen molar-refractivity contribution in [3.63, 3.8) is 0 Å². The molecule has 7 heteroatoms. The Hall–Kier alpha value is -1.000. The van der Waals surface area contributed by atoms with Crippen molar-refractivity contribution in [3.8, 4) is 0 Å². The summed E-state index contributed by atoms with van der Waals surface area (Å²) in [5.41, 5.74) is 0.671. The minimum Gasteiger partial charge on any atom is -0.456 e. The summed E-state index contributed by atoms with van der Waals surface area (Å²) in [4.78, 5) is 15.7. The molecule has 0 fully saturated rings. The smallest absolute Gasteiger partial charge is 0.358 e. The van der Waals surface area contributed by atoms with Gasteiger partial charge in [-0.1, -0.05) is 76.7 Å². The van der Waals surface area contributed by atoms with Gasteiger partial charge in [-0.05, 0) is 5.56 Å². The lowest BCUT2D eigenvalue weighted by Gasteiger charge is -2.08. The second-order valence-electron chi connectivity index (χ2n) is 3.75. The zero-order valence-corrected chi connectivity index (χ0v) is 12.9. The number of carbonyl (C=O) groups excluding carboxylic acids is 1. The van der Waals surface area contributed by atoms with E-state index in [9.17, 15) is 4.79 Å². The van der Waals surface area contributed by atoms with Crippen LogP contribution in [-0.4, -0.2) is 11.0 Å². The first kappa shape index (κ1) is 15.4. The summed E-state index contributed by atoms with van der Waals surface area (Å²) < 4.78 is 5.10. The number of pyridine rings is 1. The van der Waals surface area contributed by atoms with Crippen molar-refractivity contribution in [1.29, 1.82) is 0 Å². The number of carbonyl (C=O) groups is 1. The summed E-state index contributed by atoms with van der Waals surface area (Å²) in [6.45, 7) is 0.0928. The van der Waals surface area contributed by atoms with Crippen molar-refractivity contribution in [3.05, 3.63) is 61.8 Å². The monoisotopic (exact) mass is 349 g/mol. The lowest BCUT2D eigenvalue weighted by molar-refractivity contribution is 0.0466. The van der Waals surface area contributed by atoms with Gasteiger partial charge in [0.15, 0.2) is 5.69 Å². The highest BCUT2D eigenvalue weighted by atomic mass is 35.5. The Morgan fingerprint density at radius 1 is 1.00 bits per heavy atom. The third-order valence-electron chi connectivity index (χ3n) is 2.39. The van der Waals surface area contributed by atoms with Gasteiger partial charge in [-0.3, -0.25) is 0 Å². The van der Waals surface area contributed by atoms with Crippen LogP contribution in [0.1, 0.15) is 16.1 Å². The molecule has 0 amide bonds. The van der Waals surface area contributed by atoms with E-state index >= 15 is 0 Å². The Kier molecular flexibility index (Phi) is 5.11. The first-order valence-electron chi connectivity index (χ1n) is 5.41. The average molecular weight is 351 g/mol. The molecular formula is C13H7Cl4NO2. The van der Waals surface area contributed by atoms with Gasteiger partial charge in [0, 0.05) is 0 Å². The van der Waals surface area contributed by atoms with Crippen molar-refractivity contribution in [2.24, 2.45) is 0 Å². The van der Waals surface area contributed by atoms with Crippen LogP contribution >= 0.6 is 46.4 Å². The van der Waals surface area contributed by atoms with E-state index in [-0.39, 0.29) is 32.5 Å². The molecule has 0 aliphatic carbocycles. The Morgan fingerprint density at radius 2 is 1.65 bits per heavy atom. The largest absolute Gasteiger partial charge is 0.456 e. The van der Waals surface area contributed by atoms with E-state index in [1.54, 1.807) is 0 Å². The highest BCUT2D eigenvalue weighted by molar-refractivity contribution is 6.52. The van der Waals surface area contributed by atoms with E-state index in [4.69, 9.17) is 51.1 Å². The van der Waals surface area contributed by atoms with Crippen LogP contribution in [0.25, 0.3) is 0 Å². The molecule has 1 aromatic heterocycles. The molecule has 0 atom stereocenters. The highest BCUT2D eigenvalue weighted by Gasteiger charge is 2.21. The number of hydrogen-bond donors (Lipinski definition) is 0. The molecule has 0 aliphatic rings. The number of nitrogens with zero attached hydrogens (tertiary/aromatic N) is 1. The van der Waals surface area contributed by atoms with Gasteiger partial charge in [0.2, 0.25) is 0 Å². The maximum absolute atomic E-state index is 11.9. The molecule has 1 aromatic carbocycles. The van der Waals surface area contributed by atoms with Gasteiger partial charge in [-0.25, -0.2) is 9.78 Å². The Morgan fingerprint density at radius 3 is 2.30 bits per heavy atom. The minimum atomic E-state index is -0.723. The molecule has 0 radical (unpaired) electrons. The SMILES string of the molecule is O=C(OCc1ccccc1)c1nc(Cl)c(Cl)c(Cl)c1Cl.